The van der Waals surface area contributed by atoms with Gasteiger partial charge in [0.15, 0.2) is 0 Å². The van der Waals surface area contributed by atoms with Gasteiger partial charge in [0, 0.05) is 7.11 Å². The van der Waals surface area contributed by atoms with E-state index in [-0.39, 0.29) is 24.9 Å². The number of hydrogen-bond donors (Lipinski definition) is 2. The highest BCUT2D eigenvalue weighted by Gasteiger charge is 2.39. The Morgan fingerprint density at radius 3 is 2.53 bits per heavy atom. The SMILES string of the molecule is COCC1(C(=O)NCC(F)F)CCNCC1.Cl. The number of methoxy groups -OCH3 is 1. The van der Waals surface area contributed by atoms with Crippen molar-refractivity contribution in [2.45, 2.75) is 19.3 Å². The number of piperidine rings is 1. The molecule has 0 radical (unpaired) electrons. The molecule has 1 aliphatic rings. The third kappa shape index (κ3) is 4.73. The van der Waals surface area contributed by atoms with Gasteiger partial charge in [-0.15, -0.1) is 12.4 Å². The number of amides is 1. The number of carbonyl (C=O) groups excluding carboxylic acids is 1. The largest absolute Gasteiger partial charge is 0.384 e. The molecule has 1 saturated heterocycles. The first-order chi connectivity index (χ1) is 7.60. The Morgan fingerprint density at radius 1 is 1.47 bits per heavy atom. The van der Waals surface area contributed by atoms with Crippen molar-refractivity contribution in [3.63, 3.8) is 0 Å². The molecule has 2 N–H and O–H groups in total. The van der Waals surface area contributed by atoms with Crippen LogP contribution in [-0.4, -0.2) is 45.7 Å². The van der Waals surface area contributed by atoms with E-state index >= 15 is 0 Å². The lowest BCUT2D eigenvalue weighted by Gasteiger charge is -2.35. The molecule has 0 aromatic rings. The van der Waals surface area contributed by atoms with Crippen LogP contribution in [0.4, 0.5) is 8.78 Å². The molecule has 0 atom stereocenters. The van der Waals surface area contributed by atoms with E-state index in [1.54, 1.807) is 0 Å². The van der Waals surface area contributed by atoms with Crippen LogP contribution in [0.25, 0.3) is 0 Å². The summed E-state index contributed by atoms with van der Waals surface area (Å²) < 4.78 is 29.1. The normalized spacial score (nSPS) is 18.6. The van der Waals surface area contributed by atoms with Gasteiger partial charge in [0.1, 0.15) is 0 Å². The highest BCUT2D eigenvalue weighted by Crippen LogP contribution is 2.29. The fourth-order valence-corrected chi connectivity index (χ4v) is 1.98. The van der Waals surface area contributed by atoms with Crippen LogP contribution in [0.5, 0.6) is 0 Å². The minimum Gasteiger partial charge on any atom is -0.384 e. The second-order valence-corrected chi connectivity index (χ2v) is 4.06. The van der Waals surface area contributed by atoms with Crippen LogP contribution in [0.2, 0.25) is 0 Å². The molecule has 0 bridgehead atoms. The average molecular weight is 273 g/mol. The molecular weight excluding hydrogens is 254 g/mol. The van der Waals surface area contributed by atoms with Crippen molar-refractivity contribution in [1.29, 1.82) is 0 Å². The number of rotatable bonds is 5. The van der Waals surface area contributed by atoms with E-state index in [0.29, 0.717) is 25.9 Å². The Kier molecular flexibility index (Phi) is 7.58. The molecule has 0 spiro atoms. The van der Waals surface area contributed by atoms with Gasteiger partial charge in [-0.05, 0) is 25.9 Å². The summed E-state index contributed by atoms with van der Waals surface area (Å²) in [5, 5.41) is 5.41. The summed E-state index contributed by atoms with van der Waals surface area (Å²) in [6.07, 6.45) is -1.27. The van der Waals surface area contributed by atoms with Crippen LogP contribution in [-0.2, 0) is 9.53 Å². The Bertz CT molecular complexity index is 231. The molecule has 1 fully saturated rings. The fourth-order valence-electron chi connectivity index (χ4n) is 1.98. The number of ether oxygens (including phenoxy) is 1. The molecule has 17 heavy (non-hydrogen) atoms. The van der Waals surface area contributed by atoms with Gasteiger partial charge < -0.3 is 15.4 Å². The second-order valence-electron chi connectivity index (χ2n) is 4.06. The second kappa shape index (κ2) is 7.79. The molecule has 102 valence electrons. The monoisotopic (exact) mass is 272 g/mol. The first kappa shape index (κ1) is 16.5. The third-order valence-corrected chi connectivity index (χ3v) is 2.88. The summed E-state index contributed by atoms with van der Waals surface area (Å²) >= 11 is 0. The zero-order chi connectivity index (χ0) is 12.0. The predicted molar refractivity (Wildman–Crippen MR) is 62.7 cm³/mol. The third-order valence-electron chi connectivity index (χ3n) is 2.88. The number of nitrogens with one attached hydrogen (secondary N) is 2. The summed E-state index contributed by atoms with van der Waals surface area (Å²) in [5.74, 6) is -0.323. The Morgan fingerprint density at radius 2 is 2.06 bits per heavy atom. The van der Waals surface area contributed by atoms with Crippen LogP contribution in [0.15, 0.2) is 0 Å². The van der Waals surface area contributed by atoms with Gasteiger partial charge in [0.05, 0.1) is 18.6 Å². The fraction of sp³-hybridized carbons (Fsp3) is 0.900. The number of carbonyl (C=O) groups is 1. The van der Waals surface area contributed by atoms with Crippen molar-refractivity contribution in [1.82, 2.24) is 10.6 Å². The van der Waals surface area contributed by atoms with Gasteiger partial charge in [0.2, 0.25) is 5.91 Å². The van der Waals surface area contributed by atoms with Gasteiger partial charge >= 0.3 is 0 Å². The van der Waals surface area contributed by atoms with Crippen molar-refractivity contribution >= 4 is 18.3 Å². The Hall–Kier alpha value is -0.460. The molecule has 7 heteroatoms. The van der Waals surface area contributed by atoms with Crippen molar-refractivity contribution in [3.8, 4) is 0 Å². The zero-order valence-electron chi connectivity index (χ0n) is 9.80. The lowest BCUT2D eigenvalue weighted by atomic mass is 9.78. The van der Waals surface area contributed by atoms with E-state index in [9.17, 15) is 13.6 Å². The molecule has 0 aromatic carbocycles. The zero-order valence-corrected chi connectivity index (χ0v) is 10.6. The average Bonchev–Trinajstić information content (AvgIpc) is 2.27. The maximum absolute atomic E-state index is 12.0. The summed E-state index contributed by atoms with van der Waals surface area (Å²) in [7, 11) is 1.52. The van der Waals surface area contributed by atoms with E-state index in [2.05, 4.69) is 10.6 Å². The Labute approximate surface area is 106 Å². The predicted octanol–water partition coefficient (Wildman–Crippen LogP) is 0.806. The number of alkyl halides is 2. The summed E-state index contributed by atoms with van der Waals surface area (Å²) in [6.45, 7) is 1.12. The summed E-state index contributed by atoms with van der Waals surface area (Å²) in [4.78, 5) is 11.9. The van der Waals surface area contributed by atoms with E-state index < -0.39 is 18.4 Å². The van der Waals surface area contributed by atoms with Crippen molar-refractivity contribution in [2.75, 3.05) is 33.4 Å². The van der Waals surface area contributed by atoms with Crippen LogP contribution < -0.4 is 10.6 Å². The van der Waals surface area contributed by atoms with Crippen molar-refractivity contribution in [2.24, 2.45) is 5.41 Å². The van der Waals surface area contributed by atoms with Gasteiger partial charge in [0.25, 0.3) is 6.43 Å². The maximum Gasteiger partial charge on any atom is 0.255 e. The number of halogens is 3. The van der Waals surface area contributed by atoms with Crippen LogP contribution in [0.1, 0.15) is 12.8 Å². The maximum atomic E-state index is 12.0. The molecule has 1 aliphatic heterocycles. The lowest BCUT2D eigenvalue weighted by Crippen LogP contribution is -2.50. The molecule has 1 heterocycles. The molecule has 0 saturated carbocycles. The Balaban J connectivity index is 0.00000256. The lowest BCUT2D eigenvalue weighted by molar-refractivity contribution is -0.136. The molecule has 1 amide bonds. The van der Waals surface area contributed by atoms with Gasteiger partial charge in [-0.2, -0.15) is 0 Å². The quantitative estimate of drug-likeness (QED) is 0.779. The first-order valence-corrected chi connectivity index (χ1v) is 5.37. The topological polar surface area (TPSA) is 50.4 Å². The minimum absolute atomic E-state index is 0. The first-order valence-electron chi connectivity index (χ1n) is 5.37. The van der Waals surface area contributed by atoms with E-state index in [1.807, 2.05) is 0 Å². The smallest absolute Gasteiger partial charge is 0.255 e. The minimum atomic E-state index is -2.51. The molecule has 1 rings (SSSR count). The standard InChI is InChI=1S/C10H18F2N2O2.ClH/c1-16-7-10(2-4-13-5-3-10)9(15)14-6-8(11)12;/h8,13H,2-7H2,1H3,(H,14,15);1H. The molecule has 0 aromatic heterocycles. The molecule has 0 aliphatic carbocycles. The highest BCUT2D eigenvalue weighted by atomic mass is 35.5. The van der Waals surface area contributed by atoms with E-state index in [0.717, 1.165) is 0 Å². The van der Waals surface area contributed by atoms with Crippen molar-refractivity contribution < 1.29 is 18.3 Å². The van der Waals surface area contributed by atoms with Crippen LogP contribution in [0, 0.1) is 5.41 Å². The molecule has 4 nitrogen and oxygen atoms in total. The summed E-state index contributed by atoms with van der Waals surface area (Å²) in [5.41, 5.74) is -0.644. The molecule has 0 unspecified atom stereocenters. The van der Waals surface area contributed by atoms with Crippen molar-refractivity contribution in [3.05, 3.63) is 0 Å². The van der Waals surface area contributed by atoms with Gasteiger partial charge in [-0.1, -0.05) is 0 Å². The van der Waals surface area contributed by atoms with Gasteiger partial charge in [-0.3, -0.25) is 4.79 Å². The van der Waals surface area contributed by atoms with E-state index in [1.165, 1.54) is 7.11 Å². The molecular formula is C10H19ClF2N2O2. The number of hydrogen-bond acceptors (Lipinski definition) is 3. The highest BCUT2D eigenvalue weighted by molar-refractivity contribution is 5.85. The van der Waals surface area contributed by atoms with E-state index in [4.69, 9.17) is 4.74 Å². The summed E-state index contributed by atoms with van der Waals surface area (Å²) in [6, 6.07) is 0. The van der Waals surface area contributed by atoms with Crippen LogP contribution in [0.3, 0.4) is 0 Å². The van der Waals surface area contributed by atoms with Gasteiger partial charge in [-0.25, -0.2) is 8.78 Å². The van der Waals surface area contributed by atoms with Crippen LogP contribution >= 0.6 is 12.4 Å².